The molecule has 2 unspecified atom stereocenters. The van der Waals surface area contributed by atoms with Gasteiger partial charge in [-0.1, -0.05) is 12.1 Å². The fraction of sp³-hybridized carbons (Fsp3) is 0.462. The molecule has 1 aromatic carbocycles. The molecule has 6 nitrogen and oxygen atoms in total. The molecule has 1 saturated heterocycles. The molecule has 0 aliphatic carbocycles. The van der Waals surface area contributed by atoms with Gasteiger partial charge in [-0.25, -0.2) is 13.6 Å². The van der Waals surface area contributed by atoms with Crippen LogP contribution in [0.1, 0.15) is 18.9 Å². The van der Waals surface area contributed by atoms with Crippen molar-refractivity contribution in [2.75, 3.05) is 6.54 Å². The lowest BCUT2D eigenvalue weighted by Gasteiger charge is -2.15. The third-order valence-electron chi connectivity index (χ3n) is 3.58. The summed E-state index contributed by atoms with van der Waals surface area (Å²) in [5.41, 5.74) is 0.837. The number of benzene rings is 1. The van der Waals surface area contributed by atoms with E-state index in [4.69, 9.17) is 5.14 Å². The summed E-state index contributed by atoms with van der Waals surface area (Å²) in [7, 11) is -3.67. The normalized spacial score (nSPS) is 22.7. The summed E-state index contributed by atoms with van der Waals surface area (Å²) in [5.74, 6) is 0.0247. The first kappa shape index (κ1) is 15.0. The Balaban J connectivity index is 1.93. The van der Waals surface area contributed by atoms with Gasteiger partial charge in [0.15, 0.2) is 0 Å². The van der Waals surface area contributed by atoms with Gasteiger partial charge in [-0.3, -0.25) is 4.79 Å². The highest BCUT2D eigenvalue weighted by molar-refractivity contribution is 7.89. The molecule has 2 rings (SSSR count). The van der Waals surface area contributed by atoms with Crippen LogP contribution >= 0.6 is 0 Å². The molecule has 20 heavy (non-hydrogen) atoms. The van der Waals surface area contributed by atoms with Gasteiger partial charge in [-0.05, 0) is 37.6 Å². The van der Waals surface area contributed by atoms with Crippen LogP contribution in [-0.4, -0.2) is 26.9 Å². The number of rotatable bonds is 4. The van der Waals surface area contributed by atoms with Gasteiger partial charge in [-0.15, -0.1) is 0 Å². The molecule has 1 heterocycles. The third-order valence-corrected chi connectivity index (χ3v) is 4.51. The average molecular weight is 297 g/mol. The van der Waals surface area contributed by atoms with E-state index in [9.17, 15) is 13.2 Å². The van der Waals surface area contributed by atoms with Crippen molar-refractivity contribution in [3.05, 3.63) is 29.8 Å². The quantitative estimate of drug-likeness (QED) is 0.725. The molecule has 1 aliphatic heterocycles. The minimum absolute atomic E-state index is 0.00121. The molecule has 7 heteroatoms. The average Bonchev–Trinajstić information content (AvgIpc) is 2.82. The molecule has 1 aromatic rings. The highest BCUT2D eigenvalue weighted by atomic mass is 32.2. The van der Waals surface area contributed by atoms with E-state index in [0.717, 1.165) is 18.5 Å². The predicted molar refractivity (Wildman–Crippen MR) is 75.2 cm³/mol. The Bertz CT molecular complexity index is 583. The van der Waals surface area contributed by atoms with E-state index >= 15 is 0 Å². The number of carbonyl (C=O) groups is 1. The molecule has 0 spiro atoms. The summed E-state index contributed by atoms with van der Waals surface area (Å²) in [6.07, 6.45) is 0.845. The van der Waals surface area contributed by atoms with Crippen LogP contribution in [0.4, 0.5) is 0 Å². The Morgan fingerprint density at radius 3 is 2.55 bits per heavy atom. The number of nitrogens with one attached hydrogen (secondary N) is 2. The van der Waals surface area contributed by atoms with Crippen LogP contribution in [0.5, 0.6) is 0 Å². The number of carbonyl (C=O) groups excluding carboxylic acids is 1. The van der Waals surface area contributed by atoms with Gasteiger partial charge in [0, 0.05) is 12.6 Å². The molecule has 4 N–H and O–H groups in total. The van der Waals surface area contributed by atoms with Gasteiger partial charge in [0.1, 0.15) is 0 Å². The van der Waals surface area contributed by atoms with Gasteiger partial charge >= 0.3 is 0 Å². The predicted octanol–water partition coefficient (Wildman–Crippen LogP) is -0.0518. The van der Waals surface area contributed by atoms with Crippen LogP contribution in [-0.2, 0) is 21.4 Å². The summed E-state index contributed by atoms with van der Waals surface area (Å²) in [6.45, 7) is 3.24. The van der Waals surface area contributed by atoms with E-state index in [-0.39, 0.29) is 22.8 Å². The molecular formula is C13H19N3O3S. The van der Waals surface area contributed by atoms with E-state index < -0.39 is 10.0 Å². The number of sulfonamides is 1. The van der Waals surface area contributed by atoms with Crippen molar-refractivity contribution in [2.45, 2.75) is 30.8 Å². The third kappa shape index (κ3) is 3.56. The highest BCUT2D eigenvalue weighted by Crippen LogP contribution is 2.15. The van der Waals surface area contributed by atoms with E-state index in [1.807, 2.05) is 6.92 Å². The minimum Gasteiger partial charge on any atom is -0.352 e. The first-order valence-electron chi connectivity index (χ1n) is 6.51. The zero-order valence-corrected chi connectivity index (χ0v) is 12.1. The standard InChI is InChI=1S/C13H19N3O3S/c1-9-12(6-7-15-9)13(17)16-8-10-2-4-11(5-3-10)20(14,18)19/h2-5,9,12,15H,6-8H2,1H3,(H,16,17)(H2,14,18,19). The summed E-state index contributed by atoms with van der Waals surface area (Å²) >= 11 is 0. The van der Waals surface area contributed by atoms with Crippen LogP contribution < -0.4 is 15.8 Å². The lowest BCUT2D eigenvalue weighted by Crippen LogP contribution is -2.36. The fourth-order valence-electron chi connectivity index (χ4n) is 2.33. The molecule has 0 radical (unpaired) electrons. The number of amides is 1. The molecule has 0 aromatic heterocycles. The van der Waals surface area contributed by atoms with Crippen molar-refractivity contribution in [2.24, 2.45) is 11.1 Å². The van der Waals surface area contributed by atoms with E-state index in [0.29, 0.717) is 6.54 Å². The van der Waals surface area contributed by atoms with Crippen LogP contribution in [0.2, 0.25) is 0 Å². The zero-order chi connectivity index (χ0) is 14.8. The Kier molecular flexibility index (Phi) is 4.42. The van der Waals surface area contributed by atoms with Gasteiger partial charge in [0.05, 0.1) is 10.8 Å². The number of hydrogen-bond acceptors (Lipinski definition) is 4. The van der Waals surface area contributed by atoms with Crippen LogP contribution in [0.15, 0.2) is 29.2 Å². The van der Waals surface area contributed by atoms with Crippen molar-refractivity contribution >= 4 is 15.9 Å². The minimum atomic E-state index is -3.67. The van der Waals surface area contributed by atoms with Crippen LogP contribution in [0, 0.1) is 5.92 Å². The number of primary sulfonamides is 1. The monoisotopic (exact) mass is 297 g/mol. The maximum atomic E-state index is 12.0. The maximum absolute atomic E-state index is 12.0. The van der Waals surface area contributed by atoms with Gasteiger partial charge in [0.2, 0.25) is 15.9 Å². The van der Waals surface area contributed by atoms with Gasteiger partial charge in [0.25, 0.3) is 0 Å². The lowest BCUT2D eigenvalue weighted by molar-refractivity contribution is -0.125. The largest absolute Gasteiger partial charge is 0.352 e. The van der Waals surface area contributed by atoms with Crippen molar-refractivity contribution in [1.82, 2.24) is 10.6 Å². The van der Waals surface area contributed by atoms with Crippen LogP contribution in [0.3, 0.4) is 0 Å². The SMILES string of the molecule is CC1NCCC1C(=O)NCc1ccc(S(N)(=O)=O)cc1. The smallest absolute Gasteiger partial charge is 0.238 e. The van der Waals surface area contributed by atoms with E-state index in [1.54, 1.807) is 12.1 Å². The summed E-state index contributed by atoms with van der Waals surface area (Å²) in [5, 5.41) is 11.1. The summed E-state index contributed by atoms with van der Waals surface area (Å²) < 4.78 is 22.2. The zero-order valence-electron chi connectivity index (χ0n) is 11.3. The molecular weight excluding hydrogens is 278 g/mol. The first-order valence-corrected chi connectivity index (χ1v) is 8.05. The Morgan fingerprint density at radius 2 is 2.05 bits per heavy atom. The Morgan fingerprint density at radius 1 is 1.40 bits per heavy atom. The molecule has 1 fully saturated rings. The van der Waals surface area contributed by atoms with E-state index in [1.165, 1.54) is 12.1 Å². The van der Waals surface area contributed by atoms with E-state index in [2.05, 4.69) is 10.6 Å². The maximum Gasteiger partial charge on any atom is 0.238 e. The van der Waals surface area contributed by atoms with Crippen LogP contribution in [0.25, 0.3) is 0 Å². The topological polar surface area (TPSA) is 101 Å². The second-order valence-corrected chi connectivity index (χ2v) is 6.61. The van der Waals surface area contributed by atoms with Crippen molar-refractivity contribution in [3.8, 4) is 0 Å². The molecule has 0 bridgehead atoms. The highest BCUT2D eigenvalue weighted by Gasteiger charge is 2.28. The van der Waals surface area contributed by atoms with Gasteiger partial charge in [-0.2, -0.15) is 0 Å². The molecule has 1 amide bonds. The second-order valence-electron chi connectivity index (χ2n) is 5.04. The number of nitrogens with two attached hydrogens (primary N) is 1. The van der Waals surface area contributed by atoms with Gasteiger partial charge < -0.3 is 10.6 Å². The Hall–Kier alpha value is -1.44. The summed E-state index contributed by atoms with van der Waals surface area (Å²) in [6, 6.07) is 6.37. The summed E-state index contributed by atoms with van der Waals surface area (Å²) in [4.78, 5) is 12.1. The molecule has 0 saturated carbocycles. The fourth-order valence-corrected chi connectivity index (χ4v) is 2.85. The molecule has 110 valence electrons. The second kappa shape index (κ2) is 5.90. The lowest BCUT2D eigenvalue weighted by atomic mass is 10.0. The van der Waals surface area contributed by atoms with Crippen molar-refractivity contribution < 1.29 is 13.2 Å². The Labute approximate surface area is 118 Å². The van der Waals surface area contributed by atoms with Crippen molar-refractivity contribution in [3.63, 3.8) is 0 Å². The van der Waals surface area contributed by atoms with Crippen molar-refractivity contribution in [1.29, 1.82) is 0 Å². The molecule has 2 atom stereocenters. The molecule has 1 aliphatic rings. The first-order chi connectivity index (χ1) is 9.38. The number of hydrogen-bond donors (Lipinski definition) is 3.